The van der Waals surface area contributed by atoms with Gasteiger partial charge in [0.15, 0.2) is 0 Å². The van der Waals surface area contributed by atoms with Gasteiger partial charge in [0.25, 0.3) is 5.91 Å². The molecule has 2 aliphatic carbocycles. The number of nitrogens with one attached hydrogen (secondary N) is 1. The largest absolute Gasteiger partial charge is 0.349 e. The molecule has 1 amide bonds. The lowest BCUT2D eigenvalue weighted by atomic mass is 9.95. The molecule has 0 heterocycles. The predicted molar refractivity (Wildman–Crippen MR) is 73.2 cm³/mol. The Morgan fingerprint density at radius 3 is 2.67 bits per heavy atom. The molecule has 3 rings (SSSR count). The van der Waals surface area contributed by atoms with Crippen molar-refractivity contribution in [2.24, 2.45) is 11.8 Å². The second-order valence-corrected chi connectivity index (χ2v) is 6.22. The summed E-state index contributed by atoms with van der Waals surface area (Å²) in [7, 11) is 0. The first-order valence-corrected chi connectivity index (χ1v) is 7.15. The highest BCUT2D eigenvalue weighted by molar-refractivity contribution is 6.36. The Hall–Kier alpha value is -0.730. The smallest absolute Gasteiger partial charge is 0.253 e. The van der Waals surface area contributed by atoms with Crippen LogP contribution in [0.15, 0.2) is 18.2 Å². The van der Waals surface area contributed by atoms with Gasteiger partial charge in [-0.3, -0.25) is 4.79 Å². The summed E-state index contributed by atoms with van der Waals surface area (Å²) >= 11 is 11.9. The van der Waals surface area contributed by atoms with Crippen molar-refractivity contribution in [1.82, 2.24) is 5.32 Å². The maximum absolute atomic E-state index is 12.2. The summed E-state index contributed by atoms with van der Waals surface area (Å²) in [5.41, 5.74) is 0.517. The van der Waals surface area contributed by atoms with E-state index in [1.165, 1.54) is 19.3 Å². The third kappa shape index (κ3) is 2.24. The van der Waals surface area contributed by atoms with E-state index >= 15 is 0 Å². The highest BCUT2D eigenvalue weighted by Crippen LogP contribution is 2.44. The van der Waals surface area contributed by atoms with E-state index in [1.54, 1.807) is 18.2 Å². The third-order valence-electron chi connectivity index (χ3n) is 4.23. The molecule has 0 aliphatic heterocycles. The molecule has 0 saturated heterocycles. The van der Waals surface area contributed by atoms with E-state index in [0.717, 1.165) is 12.3 Å². The Balaban J connectivity index is 1.71. The van der Waals surface area contributed by atoms with Crippen LogP contribution >= 0.6 is 23.2 Å². The molecule has 0 spiro atoms. The maximum atomic E-state index is 12.2. The number of halogens is 2. The zero-order valence-electron chi connectivity index (χ0n) is 9.96. The molecule has 1 aromatic rings. The van der Waals surface area contributed by atoms with E-state index < -0.39 is 0 Å². The first-order valence-electron chi connectivity index (χ1n) is 6.39. The molecule has 1 N–H and O–H groups in total. The summed E-state index contributed by atoms with van der Waals surface area (Å²) in [4.78, 5) is 12.2. The van der Waals surface area contributed by atoms with E-state index in [2.05, 4.69) is 5.32 Å². The van der Waals surface area contributed by atoms with Gasteiger partial charge in [-0.15, -0.1) is 0 Å². The van der Waals surface area contributed by atoms with Crippen LogP contribution in [-0.4, -0.2) is 11.9 Å². The van der Waals surface area contributed by atoms with Crippen LogP contribution in [0.2, 0.25) is 10.0 Å². The first kappa shape index (κ1) is 12.3. The van der Waals surface area contributed by atoms with Crippen molar-refractivity contribution in [3.63, 3.8) is 0 Å². The van der Waals surface area contributed by atoms with Crippen molar-refractivity contribution in [1.29, 1.82) is 0 Å². The second kappa shape index (κ2) is 4.75. The van der Waals surface area contributed by atoms with Crippen LogP contribution in [0.1, 0.15) is 36.0 Å². The Morgan fingerprint density at radius 2 is 2.06 bits per heavy atom. The summed E-state index contributed by atoms with van der Waals surface area (Å²) in [6.45, 7) is 0. The molecule has 4 heteroatoms. The highest BCUT2D eigenvalue weighted by atomic mass is 35.5. The van der Waals surface area contributed by atoms with Gasteiger partial charge in [-0.05, 0) is 49.3 Å². The second-order valence-electron chi connectivity index (χ2n) is 5.38. The van der Waals surface area contributed by atoms with Crippen molar-refractivity contribution in [3.8, 4) is 0 Å². The zero-order chi connectivity index (χ0) is 12.7. The monoisotopic (exact) mass is 283 g/mol. The van der Waals surface area contributed by atoms with Crippen LogP contribution in [0.4, 0.5) is 0 Å². The number of rotatable bonds is 2. The molecule has 2 fully saturated rings. The van der Waals surface area contributed by atoms with Crippen molar-refractivity contribution < 1.29 is 4.79 Å². The van der Waals surface area contributed by atoms with Crippen LogP contribution in [0.5, 0.6) is 0 Å². The van der Waals surface area contributed by atoms with Gasteiger partial charge in [-0.2, -0.15) is 0 Å². The van der Waals surface area contributed by atoms with Crippen LogP contribution < -0.4 is 5.32 Å². The van der Waals surface area contributed by atoms with Gasteiger partial charge in [0.05, 0.1) is 10.6 Å². The number of hydrogen-bond donors (Lipinski definition) is 1. The summed E-state index contributed by atoms with van der Waals surface area (Å²) in [5, 5.41) is 4.09. The molecule has 2 aliphatic rings. The molecule has 0 unspecified atom stereocenters. The molecule has 2 nitrogen and oxygen atoms in total. The van der Waals surface area contributed by atoms with Crippen LogP contribution in [-0.2, 0) is 0 Å². The Labute approximate surface area is 117 Å². The Bertz CT molecular complexity index is 489. The highest BCUT2D eigenvalue weighted by Gasteiger charge is 2.40. The molecule has 2 saturated carbocycles. The Kier molecular flexibility index (Phi) is 3.25. The topological polar surface area (TPSA) is 29.1 Å². The molecule has 96 valence electrons. The third-order valence-corrected chi connectivity index (χ3v) is 4.78. The fraction of sp³-hybridized carbons (Fsp3) is 0.500. The molecule has 2 bridgehead atoms. The standard InChI is InChI=1S/C14H15Cl2NO/c15-10-3-4-11(12(16)7-10)14(18)17-13-6-8-1-2-9(13)5-8/h3-4,7-9,13H,1-2,5-6H2,(H,17,18)/t8-,9+,13-/m0/s1. The molecule has 0 radical (unpaired) electrons. The Morgan fingerprint density at radius 1 is 1.22 bits per heavy atom. The van der Waals surface area contributed by atoms with E-state index in [1.807, 2.05) is 0 Å². The summed E-state index contributed by atoms with van der Waals surface area (Å²) in [6, 6.07) is 5.33. The average molecular weight is 284 g/mol. The minimum Gasteiger partial charge on any atom is -0.349 e. The molecule has 0 aromatic heterocycles. The predicted octanol–water partition coefficient (Wildman–Crippen LogP) is 3.91. The summed E-state index contributed by atoms with van der Waals surface area (Å²) in [5.74, 6) is 1.42. The van der Waals surface area contributed by atoms with E-state index in [9.17, 15) is 4.79 Å². The van der Waals surface area contributed by atoms with Crippen LogP contribution in [0.3, 0.4) is 0 Å². The molecular formula is C14H15Cl2NO. The lowest BCUT2D eigenvalue weighted by Crippen LogP contribution is -2.38. The molecule has 18 heavy (non-hydrogen) atoms. The van der Waals surface area contributed by atoms with Gasteiger partial charge in [0, 0.05) is 11.1 Å². The van der Waals surface area contributed by atoms with Crippen molar-refractivity contribution in [2.45, 2.75) is 31.7 Å². The molecule has 1 aromatic carbocycles. The minimum atomic E-state index is -0.0748. The van der Waals surface area contributed by atoms with Gasteiger partial charge >= 0.3 is 0 Å². The lowest BCUT2D eigenvalue weighted by Gasteiger charge is -2.23. The molecular weight excluding hydrogens is 269 g/mol. The van der Waals surface area contributed by atoms with Gasteiger partial charge in [-0.25, -0.2) is 0 Å². The van der Waals surface area contributed by atoms with Gasteiger partial charge in [-0.1, -0.05) is 29.6 Å². The number of carbonyl (C=O) groups is 1. The quantitative estimate of drug-likeness (QED) is 0.876. The normalized spacial score (nSPS) is 29.6. The minimum absolute atomic E-state index is 0.0748. The van der Waals surface area contributed by atoms with Crippen LogP contribution in [0, 0.1) is 11.8 Å². The zero-order valence-corrected chi connectivity index (χ0v) is 11.5. The number of carbonyl (C=O) groups excluding carboxylic acids is 1. The summed E-state index contributed by atoms with van der Waals surface area (Å²) < 4.78 is 0. The van der Waals surface area contributed by atoms with E-state index in [-0.39, 0.29) is 5.91 Å². The van der Waals surface area contributed by atoms with E-state index in [0.29, 0.717) is 27.6 Å². The van der Waals surface area contributed by atoms with Gasteiger partial charge in [0.1, 0.15) is 0 Å². The summed E-state index contributed by atoms with van der Waals surface area (Å²) in [6.07, 6.45) is 4.99. The van der Waals surface area contributed by atoms with Crippen molar-refractivity contribution in [3.05, 3.63) is 33.8 Å². The average Bonchev–Trinajstić information content (AvgIpc) is 2.90. The fourth-order valence-electron chi connectivity index (χ4n) is 3.34. The number of hydrogen-bond acceptors (Lipinski definition) is 1. The van der Waals surface area contributed by atoms with Gasteiger partial charge in [0.2, 0.25) is 0 Å². The van der Waals surface area contributed by atoms with Crippen molar-refractivity contribution in [2.75, 3.05) is 0 Å². The molecule has 3 atom stereocenters. The van der Waals surface area contributed by atoms with Crippen LogP contribution in [0.25, 0.3) is 0 Å². The first-order chi connectivity index (χ1) is 8.63. The number of benzene rings is 1. The lowest BCUT2D eigenvalue weighted by molar-refractivity contribution is 0.0923. The van der Waals surface area contributed by atoms with E-state index in [4.69, 9.17) is 23.2 Å². The fourth-order valence-corrected chi connectivity index (χ4v) is 3.84. The van der Waals surface area contributed by atoms with Gasteiger partial charge < -0.3 is 5.32 Å². The number of amides is 1. The van der Waals surface area contributed by atoms with Crippen molar-refractivity contribution >= 4 is 29.1 Å². The maximum Gasteiger partial charge on any atom is 0.253 e. The SMILES string of the molecule is O=C(N[C@H]1C[C@H]2CC[C@@H]1C2)c1ccc(Cl)cc1Cl. The number of fused-ring (bicyclic) bond motifs is 2.